The van der Waals surface area contributed by atoms with Gasteiger partial charge in [-0.3, -0.25) is 4.79 Å². The van der Waals surface area contributed by atoms with E-state index in [1.807, 2.05) is 4.72 Å². The Morgan fingerprint density at radius 1 is 1.50 bits per heavy atom. The molecule has 0 aliphatic carbocycles. The molecule has 0 radical (unpaired) electrons. The number of benzene rings is 1. The predicted molar refractivity (Wildman–Crippen MR) is 64.7 cm³/mol. The number of carbonyl (C=O) groups is 1. The third-order valence-corrected chi connectivity index (χ3v) is 4.06. The second-order valence-electron chi connectivity index (χ2n) is 3.31. The molecule has 1 aromatic rings. The van der Waals surface area contributed by atoms with Gasteiger partial charge in [0, 0.05) is 0 Å². The summed E-state index contributed by atoms with van der Waals surface area (Å²) in [4.78, 5) is 11.0. The fraction of sp³-hybridized carbons (Fsp3) is 0.300. The van der Waals surface area contributed by atoms with E-state index in [1.54, 1.807) is 6.07 Å². The van der Waals surface area contributed by atoms with Crippen molar-refractivity contribution in [1.29, 1.82) is 0 Å². The van der Waals surface area contributed by atoms with Crippen molar-refractivity contribution >= 4 is 27.6 Å². The zero-order valence-corrected chi connectivity index (χ0v) is 11.0. The molecule has 0 aliphatic rings. The van der Waals surface area contributed by atoms with Crippen LogP contribution < -0.4 is 4.72 Å². The van der Waals surface area contributed by atoms with Gasteiger partial charge in [0.15, 0.2) is 0 Å². The highest BCUT2D eigenvalue weighted by Gasteiger charge is 2.26. The third-order valence-electron chi connectivity index (χ3n) is 2.09. The number of aliphatic hydroxyl groups excluding tert-OH is 1. The normalized spacial score (nSPS) is 13.1. The molecule has 100 valence electrons. The molecule has 6 nitrogen and oxygen atoms in total. The van der Waals surface area contributed by atoms with E-state index in [2.05, 4.69) is 4.74 Å². The minimum atomic E-state index is -4.00. The average molecular weight is 294 g/mol. The molecule has 2 N–H and O–H groups in total. The molecule has 0 saturated carbocycles. The molecule has 0 aromatic heterocycles. The van der Waals surface area contributed by atoms with Gasteiger partial charge in [0.25, 0.3) is 0 Å². The zero-order valence-electron chi connectivity index (χ0n) is 9.46. The molecule has 18 heavy (non-hydrogen) atoms. The summed E-state index contributed by atoms with van der Waals surface area (Å²) in [7, 11) is -2.91. The molecular weight excluding hydrogens is 282 g/mol. The highest BCUT2D eigenvalue weighted by atomic mass is 35.5. The Labute approximate surface area is 110 Å². The maximum absolute atomic E-state index is 11.9. The van der Waals surface area contributed by atoms with E-state index >= 15 is 0 Å². The first-order valence-corrected chi connectivity index (χ1v) is 6.74. The maximum Gasteiger partial charge on any atom is 0.326 e. The number of hydrogen-bond donors (Lipinski definition) is 2. The van der Waals surface area contributed by atoms with Gasteiger partial charge < -0.3 is 9.84 Å². The average Bonchev–Trinajstić information content (AvgIpc) is 2.35. The lowest BCUT2D eigenvalue weighted by molar-refractivity contribution is -0.143. The molecule has 1 aromatic carbocycles. The molecule has 0 fully saturated rings. The fourth-order valence-electron chi connectivity index (χ4n) is 1.22. The van der Waals surface area contributed by atoms with Crippen LogP contribution in [0.15, 0.2) is 29.2 Å². The van der Waals surface area contributed by atoms with Crippen molar-refractivity contribution < 1.29 is 23.1 Å². The summed E-state index contributed by atoms with van der Waals surface area (Å²) >= 11 is 5.75. The van der Waals surface area contributed by atoms with Crippen molar-refractivity contribution in [3.8, 4) is 0 Å². The molecule has 0 spiro atoms. The monoisotopic (exact) mass is 293 g/mol. The van der Waals surface area contributed by atoms with Crippen molar-refractivity contribution in [2.75, 3.05) is 13.7 Å². The first kappa shape index (κ1) is 14.9. The molecule has 0 saturated heterocycles. The maximum atomic E-state index is 11.9. The summed E-state index contributed by atoms with van der Waals surface area (Å²) in [5.74, 6) is -0.881. The van der Waals surface area contributed by atoms with Crippen molar-refractivity contribution in [3.63, 3.8) is 0 Å². The van der Waals surface area contributed by atoms with Gasteiger partial charge in [-0.1, -0.05) is 23.7 Å². The number of halogens is 1. The van der Waals surface area contributed by atoms with Crippen molar-refractivity contribution in [3.05, 3.63) is 29.3 Å². The molecule has 0 heterocycles. The quantitative estimate of drug-likeness (QED) is 0.754. The number of ether oxygens (including phenoxy) is 1. The smallest absolute Gasteiger partial charge is 0.326 e. The van der Waals surface area contributed by atoms with Crippen LogP contribution in [0.25, 0.3) is 0 Å². The Hall–Kier alpha value is -1.15. The van der Waals surface area contributed by atoms with Crippen LogP contribution in [0, 0.1) is 0 Å². The summed E-state index contributed by atoms with van der Waals surface area (Å²) in [6.07, 6.45) is 0. The van der Waals surface area contributed by atoms with Gasteiger partial charge >= 0.3 is 5.97 Å². The van der Waals surface area contributed by atoms with E-state index in [0.717, 1.165) is 7.11 Å². The highest BCUT2D eigenvalue weighted by Crippen LogP contribution is 2.20. The van der Waals surface area contributed by atoms with Crippen LogP contribution in [-0.2, 0) is 19.6 Å². The number of nitrogens with one attached hydrogen (secondary N) is 1. The standard InChI is InChI=1S/C10H12ClNO5S/c1-17-10(14)8(6-13)12-18(15,16)9-5-3-2-4-7(9)11/h2-5,8,12-13H,6H2,1H3. The summed E-state index contributed by atoms with van der Waals surface area (Å²) < 4.78 is 30.2. The lowest BCUT2D eigenvalue weighted by atomic mass is 10.3. The van der Waals surface area contributed by atoms with Gasteiger partial charge in [-0.2, -0.15) is 4.72 Å². The number of methoxy groups -OCH3 is 1. The molecular formula is C10H12ClNO5S. The fourth-order valence-corrected chi connectivity index (χ4v) is 2.91. The predicted octanol–water partition coefficient (Wildman–Crippen LogP) is 0.152. The summed E-state index contributed by atoms with van der Waals surface area (Å²) in [6.45, 7) is -0.712. The Bertz CT molecular complexity index is 531. The number of rotatable bonds is 5. The number of esters is 1. The minimum Gasteiger partial charge on any atom is -0.468 e. The van der Waals surface area contributed by atoms with Gasteiger partial charge in [-0.15, -0.1) is 0 Å². The second kappa shape index (κ2) is 6.14. The highest BCUT2D eigenvalue weighted by molar-refractivity contribution is 7.89. The Morgan fingerprint density at radius 2 is 2.11 bits per heavy atom. The van der Waals surface area contributed by atoms with E-state index in [4.69, 9.17) is 16.7 Å². The molecule has 8 heteroatoms. The molecule has 0 aliphatic heterocycles. The van der Waals surface area contributed by atoms with E-state index in [9.17, 15) is 13.2 Å². The van der Waals surface area contributed by atoms with E-state index in [0.29, 0.717) is 0 Å². The lowest BCUT2D eigenvalue weighted by Crippen LogP contribution is -2.43. The third kappa shape index (κ3) is 3.42. The van der Waals surface area contributed by atoms with E-state index < -0.39 is 28.6 Å². The Balaban J connectivity index is 3.02. The Morgan fingerprint density at radius 3 is 2.61 bits per heavy atom. The van der Waals surface area contributed by atoms with Crippen molar-refractivity contribution in [2.45, 2.75) is 10.9 Å². The number of aliphatic hydroxyl groups is 1. The SMILES string of the molecule is COC(=O)C(CO)NS(=O)(=O)c1ccccc1Cl. The van der Waals surface area contributed by atoms with Crippen molar-refractivity contribution in [1.82, 2.24) is 4.72 Å². The van der Waals surface area contributed by atoms with Gasteiger partial charge in [0.05, 0.1) is 18.7 Å². The number of carbonyl (C=O) groups excluding carboxylic acids is 1. The van der Waals surface area contributed by atoms with Crippen molar-refractivity contribution in [2.24, 2.45) is 0 Å². The zero-order chi connectivity index (χ0) is 13.8. The van der Waals surface area contributed by atoms with Gasteiger partial charge in [-0.25, -0.2) is 8.42 Å². The molecule has 1 atom stereocenters. The molecule has 1 unspecified atom stereocenters. The number of sulfonamides is 1. The Kier molecular flexibility index (Phi) is 5.09. The summed E-state index contributed by atoms with van der Waals surface area (Å²) in [6, 6.07) is 4.40. The van der Waals surface area contributed by atoms with Crippen LogP contribution in [0.2, 0.25) is 5.02 Å². The van der Waals surface area contributed by atoms with E-state index in [-0.39, 0.29) is 9.92 Å². The van der Waals surface area contributed by atoms with Gasteiger partial charge in [0.1, 0.15) is 10.9 Å². The first-order valence-electron chi connectivity index (χ1n) is 4.88. The lowest BCUT2D eigenvalue weighted by Gasteiger charge is -2.14. The second-order valence-corrected chi connectivity index (χ2v) is 5.40. The van der Waals surface area contributed by atoms with Gasteiger partial charge in [-0.05, 0) is 12.1 Å². The first-order chi connectivity index (χ1) is 8.42. The van der Waals surface area contributed by atoms with Crippen LogP contribution >= 0.6 is 11.6 Å². The van der Waals surface area contributed by atoms with Crippen LogP contribution in [0.3, 0.4) is 0 Å². The minimum absolute atomic E-state index is 0.0200. The van der Waals surface area contributed by atoms with Gasteiger partial charge in [0.2, 0.25) is 10.0 Å². The molecule has 1 rings (SSSR count). The molecule has 0 amide bonds. The summed E-state index contributed by atoms with van der Waals surface area (Å²) in [5, 5.41) is 8.97. The topological polar surface area (TPSA) is 92.7 Å². The number of hydrogen-bond acceptors (Lipinski definition) is 5. The van der Waals surface area contributed by atoms with Crippen LogP contribution in [0.1, 0.15) is 0 Å². The van der Waals surface area contributed by atoms with Crippen LogP contribution in [0.5, 0.6) is 0 Å². The van der Waals surface area contributed by atoms with E-state index in [1.165, 1.54) is 18.2 Å². The largest absolute Gasteiger partial charge is 0.468 e. The van der Waals surface area contributed by atoms with Crippen LogP contribution in [0.4, 0.5) is 0 Å². The summed E-state index contributed by atoms with van der Waals surface area (Å²) in [5.41, 5.74) is 0. The molecule has 0 bridgehead atoms. The van der Waals surface area contributed by atoms with Crippen LogP contribution in [-0.4, -0.2) is 39.3 Å².